The van der Waals surface area contributed by atoms with E-state index in [4.69, 9.17) is 9.47 Å². The molecule has 7 nitrogen and oxygen atoms in total. The summed E-state index contributed by atoms with van der Waals surface area (Å²) in [5.41, 5.74) is 1.08. The number of carbonyl (C=O) groups is 1. The third-order valence-electron chi connectivity index (χ3n) is 3.32. The van der Waals surface area contributed by atoms with Gasteiger partial charge in [-0.15, -0.1) is 0 Å². The molecule has 126 valence electrons. The van der Waals surface area contributed by atoms with Crippen molar-refractivity contribution in [2.24, 2.45) is 0 Å². The van der Waals surface area contributed by atoms with Gasteiger partial charge in [-0.3, -0.25) is 14.9 Å². The van der Waals surface area contributed by atoms with Crippen LogP contribution in [-0.4, -0.2) is 31.1 Å². The molecule has 0 aliphatic rings. The van der Waals surface area contributed by atoms with Gasteiger partial charge in [0.2, 0.25) is 0 Å². The van der Waals surface area contributed by atoms with Crippen molar-refractivity contribution in [3.05, 3.63) is 63.7 Å². The third kappa shape index (κ3) is 4.45. The van der Waals surface area contributed by atoms with Gasteiger partial charge < -0.3 is 14.8 Å². The van der Waals surface area contributed by atoms with Gasteiger partial charge in [-0.25, -0.2) is 0 Å². The summed E-state index contributed by atoms with van der Waals surface area (Å²) < 4.78 is 10.6. The van der Waals surface area contributed by atoms with E-state index < -0.39 is 10.8 Å². The maximum absolute atomic E-state index is 12.2. The fourth-order valence-electron chi connectivity index (χ4n) is 2.05. The molecule has 0 bridgehead atoms. The Hall–Kier alpha value is -3.09. The fraction of sp³-hybridized carbons (Fsp3) is 0.235. The van der Waals surface area contributed by atoms with Gasteiger partial charge >= 0.3 is 0 Å². The second kappa shape index (κ2) is 7.96. The van der Waals surface area contributed by atoms with Crippen molar-refractivity contribution >= 4 is 11.6 Å². The molecule has 0 aromatic heterocycles. The fourth-order valence-corrected chi connectivity index (χ4v) is 2.05. The van der Waals surface area contributed by atoms with Gasteiger partial charge in [0.1, 0.15) is 18.1 Å². The van der Waals surface area contributed by atoms with Crippen LogP contribution < -0.4 is 14.8 Å². The Morgan fingerprint density at radius 1 is 1.21 bits per heavy atom. The highest BCUT2D eigenvalue weighted by molar-refractivity contribution is 5.97. The standard InChI is InChI=1S/C17H18N2O5/c1-12-3-6-14(7-4-12)24-10-9-18-17(20)15-11-13(19(21)22)5-8-16(15)23-2/h3-8,11H,9-10H2,1-2H3,(H,18,20). The van der Waals surface area contributed by atoms with Gasteiger partial charge in [-0.1, -0.05) is 17.7 Å². The van der Waals surface area contributed by atoms with Crippen molar-refractivity contribution in [3.63, 3.8) is 0 Å². The van der Waals surface area contributed by atoms with E-state index in [2.05, 4.69) is 5.32 Å². The van der Waals surface area contributed by atoms with Crippen LogP contribution >= 0.6 is 0 Å². The van der Waals surface area contributed by atoms with Crippen molar-refractivity contribution in [2.75, 3.05) is 20.3 Å². The number of nitro groups is 1. The van der Waals surface area contributed by atoms with Crippen LogP contribution in [0.1, 0.15) is 15.9 Å². The molecule has 24 heavy (non-hydrogen) atoms. The number of hydrogen-bond acceptors (Lipinski definition) is 5. The maximum Gasteiger partial charge on any atom is 0.270 e. The van der Waals surface area contributed by atoms with Gasteiger partial charge in [0.15, 0.2) is 0 Å². The van der Waals surface area contributed by atoms with Crippen LogP contribution in [0.5, 0.6) is 11.5 Å². The number of carbonyl (C=O) groups excluding carboxylic acids is 1. The molecule has 0 atom stereocenters. The molecule has 0 heterocycles. The highest BCUT2D eigenvalue weighted by Gasteiger charge is 2.17. The Morgan fingerprint density at radius 3 is 2.54 bits per heavy atom. The minimum Gasteiger partial charge on any atom is -0.496 e. The van der Waals surface area contributed by atoms with E-state index >= 15 is 0 Å². The van der Waals surface area contributed by atoms with Gasteiger partial charge in [0.05, 0.1) is 24.1 Å². The predicted octanol–water partition coefficient (Wildman–Crippen LogP) is 2.72. The Balaban J connectivity index is 1.93. The number of nitrogens with zero attached hydrogens (tertiary/aromatic N) is 1. The molecular formula is C17H18N2O5. The van der Waals surface area contributed by atoms with Gasteiger partial charge in [-0.05, 0) is 25.1 Å². The molecule has 0 aliphatic carbocycles. The number of hydrogen-bond donors (Lipinski definition) is 1. The maximum atomic E-state index is 12.2. The lowest BCUT2D eigenvalue weighted by Gasteiger charge is -2.10. The molecule has 0 saturated heterocycles. The lowest BCUT2D eigenvalue weighted by molar-refractivity contribution is -0.384. The zero-order chi connectivity index (χ0) is 17.5. The second-order valence-corrected chi connectivity index (χ2v) is 5.06. The summed E-state index contributed by atoms with van der Waals surface area (Å²) in [5.74, 6) is 0.531. The normalized spacial score (nSPS) is 10.1. The number of amides is 1. The number of non-ortho nitro benzene ring substituents is 1. The first-order valence-electron chi connectivity index (χ1n) is 7.31. The van der Waals surface area contributed by atoms with Crippen molar-refractivity contribution in [1.29, 1.82) is 0 Å². The molecule has 0 fully saturated rings. The summed E-state index contributed by atoms with van der Waals surface area (Å²) in [5, 5.41) is 13.5. The number of rotatable bonds is 7. The first-order valence-corrected chi connectivity index (χ1v) is 7.31. The molecule has 0 aliphatic heterocycles. The number of ether oxygens (including phenoxy) is 2. The van der Waals surface area contributed by atoms with Crippen molar-refractivity contribution in [2.45, 2.75) is 6.92 Å². The van der Waals surface area contributed by atoms with Gasteiger partial charge in [-0.2, -0.15) is 0 Å². The Labute approximate surface area is 139 Å². The van der Waals surface area contributed by atoms with Crippen LogP contribution in [0, 0.1) is 17.0 Å². The van der Waals surface area contributed by atoms with Crippen LogP contribution in [0.3, 0.4) is 0 Å². The summed E-state index contributed by atoms with van der Waals surface area (Å²) >= 11 is 0. The first kappa shape index (κ1) is 17.3. The van der Waals surface area contributed by atoms with Crippen molar-refractivity contribution in [3.8, 4) is 11.5 Å². The Kier molecular flexibility index (Phi) is 5.73. The number of nitro benzene ring substituents is 1. The third-order valence-corrected chi connectivity index (χ3v) is 3.32. The summed E-state index contributed by atoms with van der Waals surface area (Å²) in [6.45, 7) is 2.53. The average molecular weight is 330 g/mol. The lowest BCUT2D eigenvalue weighted by atomic mass is 10.1. The summed E-state index contributed by atoms with van der Waals surface area (Å²) in [6, 6.07) is 11.4. The molecular weight excluding hydrogens is 312 g/mol. The predicted molar refractivity (Wildman–Crippen MR) is 88.7 cm³/mol. The van der Waals surface area contributed by atoms with E-state index in [0.717, 1.165) is 5.56 Å². The minimum absolute atomic E-state index is 0.113. The average Bonchev–Trinajstić information content (AvgIpc) is 2.59. The minimum atomic E-state index is -0.559. The van der Waals surface area contributed by atoms with Gasteiger partial charge in [0.25, 0.3) is 11.6 Å². The first-order chi connectivity index (χ1) is 11.5. The monoisotopic (exact) mass is 330 g/mol. The SMILES string of the molecule is COc1ccc([N+](=O)[O-])cc1C(=O)NCCOc1ccc(C)cc1. The zero-order valence-corrected chi connectivity index (χ0v) is 13.4. The summed E-state index contributed by atoms with van der Waals surface area (Å²) in [4.78, 5) is 22.5. The molecule has 2 aromatic carbocycles. The molecule has 0 radical (unpaired) electrons. The number of benzene rings is 2. The van der Waals surface area contributed by atoms with Crippen molar-refractivity contribution < 1.29 is 19.2 Å². The number of methoxy groups -OCH3 is 1. The van der Waals surface area contributed by atoms with Crippen molar-refractivity contribution in [1.82, 2.24) is 5.32 Å². The summed E-state index contributed by atoms with van der Waals surface area (Å²) in [6.07, 6.45) is 0. The molecule has 0 saturated carbocycles. The van der Waals surface area contributed by atoms with Crippen LogP contribution in [0.15, 0.2) is 42.5 Å². The summed E-state index contributed by atoms with van der Waals surface area (Å²) in [7, 11) is 1.40. The molecule has 0 spiro atoms. The Bertz CT molecular complexity index is 728. The molecule has 1 amide bonds. The number of aryl methyl sites for hydroxylation is 1. The molecule has 2 rings (SSSR count). The topological polar surface area (TPSA) is 90.7 Å². The lowest BCUT2D eigenvalue weighted by Crippen LogP contribution is -2.28. The smallest absolute Gasteiger partial charge is 0.270 e. The molecule has 2 aromatic rings. The van der Waals surface area contributed by atoms with E-state index in [0.29, 0.717) is 5.75 Å². The second-order valence-electron chi connectivity index (χ2n) is 5.06. The van der Waals surface area contributed by atoms with Crippen LogP contribution in [0.25, 0.3) is 0 Å². The van der Waals surface area contributed by atoms with Crippen LogP contribution in [0.2, 0.25) is 0 Å². The largest absolute Gasteiger partial charge is 0.496 e. The number of nitrogens with one attached hydrogen (secondary N) is 1. The van der Waals surface area contributed by atoms with Gasteiger partial charge in [0, 0.05) is 12.1 Å². The molecule has 7 heteroatoms. The quantitative estimate of drug-likeness (QED) is 0.479. The Morgan fingerprint density at radius 2 is 1.92 bits per heavy atom. The van der Waals surface area contributed by atoms with E-state index in [-0.39, 0.29) is 30.2 Å². The van der Waals surface area contributed by atoms with E-state index in [1.54, 1.807) is 0 Å². The highest BCUT2D eigenvalue weighted by atomic mass is 16.6. The molecule has 1 N–H and O–H groups in total. The highest BCUT2D eigenvalue weighted by Crippen LogP contribution is 2.23. The van der Waals surface area contributed by atoms with Crippen LogP contribution in [0.4, 0.5) is 5.69 Å². The van der Waals surface area contributed by atoms with Crippen LogP contribution in [-0.2, 0) is 0 Å². The molecule has 0 unspecified atom stereocenters. The van der Waals surface area contributed by atoms with E-state index in [9.17, 15) is 14.9 Å². The van der Waals surface area contributed by atoms with E-state index in [1.165, 1.54) is 25.3 Å². The van der Waals surface area contributed by atoms with E-state index in [1.807, 2.05) is 31.2 Å². The zero-order valence-electron chi connectivity index (χ0n) is 13.4.